The Bertz CT molecular complexity index is 561. The Hall–Kier alpha value is -2.16. The summed E-state index contributed by atoms with van der Waals surface area (Å²) in [5.74, 6) is 0.127. The van der Waals surface area contributed by atoms with Crippen molar-refractivity contribution in [3.63, 3.8) is 0 Å². The van der Waals surface area contributed by atoms with Crippen LogP contribution in [0.3, 0.4) is 0 Å². The molecule has 148 valence electrons. The van der Waals surface area contributed by atoms with Crippen molar-refractivity contribution >= 4 is 5.91 Å². The number of hydrogen-bond acceptors (Lipinski definition) is 2. The summed E-state index contributed by atoms with van der Waals surface area (Å²) in [6.45, 7) is 2.68. The molecular formula is C24H36N2O. The molecule has 0 saturated heterocycles. The Balaban J connectivity index is 1.87. The van der Waals surface area contributed by atoms with E-state index in [0.717, 1.165) is 44.2 Å². The van der Waals surface area contributed by atoms with E-state index in [1.165, 1.54) is 19.3 Å². The lowest BCUT2D eigenvalue weighted by Gasteiger charge is -2.04. The van der Waals surface area contributed by atoms with E-state index < -0.39 is 0 Å². The predicted octanol–water partition coefficient (Wildman–Crippen LogP) is 6.29. The molecule has 0 aliphatic heterocycles. The maximum atomic E-state index is 11.8. The zero-order chi connectivity index (χ0) is 19.4. The number of aromatic nitrogens is 1. The van der Waals surface area contributed by atoms with Crippen LogP contribution in [-0.4, -0.2) is 10.9 Å². The average Bonchev–Trinajstić information content (AvgIpc) is 2.70. The smallest absolute Gasteiger partial charge is 0.220 e. The number of allylic oxidation sites excluding steroid dienone is 6. The Kier molecular flexibility index (Phi) is 14.6. The number of rotatable bonds is 15. The second-order valence-corrected chi connectivity index (χ2v) is 6.70. The highest BCUT2D eigenvalue weighted by Crippen LogP contribution is 2.08. The van der Waals surface area contributed by atoms with Gasteiger partial charge in [-0.25, -0.2) is 0 Å². The van der Waals surface area contributed by atoms with Crippen molar-refractivity contribution in [2.75, 3.05) is 0 Å². The van der Waals surface area contributed by atoms with Crippen molar-refractivity contribution in [1.82, 2.24) is 10.3 Å². The molecule has 0 aromatic carbocycles. The SMILES string of the molecule is CC/C=C\C/C=C\C/C=C\CCCCCCCC(=O)NCc1ccccn1. The van der Waals surface area contributed by atoms with Gasteiger partial charge in [0, 0.05) is 12.6 Å². The minimum absolute atomic E-state index is 0.127. The molecule has 1 heterocycles. The lowest BCUT2D eigenvalue weighted by molar-refractivity contribution is -0.121. The molecule has 0 aliphatic rings. The van der Waals surface area contributed by atoms with Crippen LogP contribution in [0.25, 0.3) is 0 Å². The molecule has 0 bridgehead atoms. The van der Waals surface area contributed by atoms with Gasteiger partial charge < -0.3 is 5.32 Å². The number of pyridine rings is 1. The highest BCUT2D eigenvalue weighted by atomic mass is 16.1. The van der Waals surface area contributed by atoms with Crippen molar-refractivity contribution in [2.24, 2.45) is 0 Å². The third kappa shape index (κ3) is 14.7. The number of nitrogens with one attached hydrogen (secondary N) is 1. The van der Waals surface area contributed by atoms with Gasteiger partial charge in [0.2, 0.25) is 5.91 Å². The number of carbonyl (C=O) groups excluding carboxylic acids is 1. The van der Waals surface area contributed by atoms with Crippen LogP contribution >= 0.6 is 0 Å². The van der Waals surface area contributed by atoms with E-state index >= 15 is 0 Å². The number of unbranched alkanes of at least 4 members (excludes halogenated alkanes) is 5. The van der Waals surface area contributed by atoms with Crippen LogP contribution in [0.5, 0.6) is 0 Å². The molecule has 0 radical (unpaired) electrons. The quantitative estimate of drug-likeness (QED) is 0.292. The molecule has 0 saturated carbocycles. The second kappa shape index (κ2) is 17.3. The lowest BCUT2D eigenvalue weighted by Crippen LogP contribution is -2.22. The molecule has 27 heavy (non-hydrogen) atoms. The van der Waals surface area contributed by atoms with Crippen molar-refractivity contribution in [3.05, 3.63) is 66.5 Å². The van der Waals surface area contributed by atoms with E-state index in [2.05, 4.69) is 53.7 Å². The van der Waals surface area contributed by atoms with Gasteiger partial charge in [-0.2, -0.15) is 0 Å². The van der Waals surface area contributed by atoms with E-state index in [1.54, 1.807) is 6.20 Å². The molecule has 0 atom stereocenters. The number of nitrogens with zero attached hydrogens (tertiary/aromatic N) is 1. The molecule has 1 aromatic rings. The van der Waals surface area contributed by atoms with Gasteiger partial charge in [-0.05, 0) is 50.7 Å². The number of hydrogen-bond donors (Lipinski definition) is 1. The molecule has 1 amide bonds. The molecule has 0 unspecified atom stereocenters. The van der Waals surface area contributed by atoms with Crippen molar-refractivity contribution < 1.29 is 4.79 Å². The molecule has 1 aromatic heterocycles. The van der Waals surface area contributed by atoms with Gasteiger partial charge in [0.15, 0.2) is 0 Å². The van der Waals surface area contributed by atoms with Gasteiger partial charge in [-0.1, -0.05) is 68.7 Å². The molecule has 1 N–H and O–H groups in total. The summed E-state index contributed by atoms with van der Waals surface area (Å²) >= 11 is 0. The molecule has 0 fully saturated rings. The Morgan fingerprint density at radius 3 is 2.37 bits per heavy atom. The third-order valence-electron chi connectivity index (χ3n) is 4.25. The maximum Gasteiger partial charge on any atom is 0.220 e. The minimum Gasteiger partial charge on any atom is -0.350 e. The fourth-order valence-corrected chi connectivity index (χ4v) is 2.68. The maximum absolute atomic E-state index is 11.8. The highest BCUT2D eigenvalue weighted by Gasteiger charge is 2.01. The first-order chi connectivity index (χ1) is 13.3. The summed E-state index contributed by atoms with van der Waals surface area (Å²) in [5.41, 5.74) is 0.905. The fraction of sp³-hybridized carbons (Fsp3) is 0.500. The zero-order valence-corrected chi connectivity index (χ0v) is 16.9. The number of amides is 1. The lowest BCUT2D eigenvalue weighted by atomic mass is 10.1. The fourth-order valence-electron chi connectivity index (χ4n) is 2.68. The molecule has 0 spiro atoms. The molecule has 1 rings (SSSR count). The normalized spacial score (nSPS) is 11.7. The largest absolute Gasteiger partial charge is 0.350 e. The van der Waals surface area contributed by atoms with Crippen LogP contribution in [0.4, 0.5) is 0 Å². The summed E-state index contributed by atoms with van der Waals surface area (Å²) in [5, 5.41) is 2.93. The van der Waals surface area contributed by atoms with Crippen LogP contribution in [0.1, 0.15) is 76.8 Å². The molecular weight excluding hydrogens is 332 g/mol. The van der Waals surface area contributed by atoms with E-state index in [0.29, 0.717) is 13.0 Å². The van der Waals surface area contributed by atoms with Crippen LogP contribution < -0.4 is 5.32 Å². The Labute approximate surface area is 165 Å². The molecule has 3 nitrogen and oxygen atoms in total. The van der Waals surface area contributed by atoms with Gasteiger partial charge >= 0.3 is 0 Å². The van der Waals surface area contributed by atoms with Crippen molar-refractivity contribution in [3.8, 4) is 0 Å². The van der Waals surface area contributed by atoms with Crippen molar-refractivity contribution in [1.29, 1.82) is 0 Å². The monoisotopic (exact) mass is 368 g/mol. The van der Waals surface area contributed by atoms with Crippen LogP contribution in [-0.2, 0) is 11.3 Å². The Morgan fingerprint density at radius 2 is 1.63 bits per heavy atom. The van der Waals surface area contributed by atoms with Crippen LogP contribution in [0.15, 0.2) is 60.9 Å². The van der Waals surface area contributed by atoms with Crippen LogP contribution in [0, 0.1) is 0 Å². The standard InChI is InChI=1S/C24H36N2O/c1-2-3-4-5-6-7-8-9-10-11-12-13-14-15-16-20-24(27)26-22-23-19-17-18-21-25-23/h3-4,6-7,9-10,17-19,21H,2,5,8,11-16,20,22H2,1H3,(H,26,27)/b4-3-,7-6-,10-9-. The van der Waals surface area contributed by atoms with Gasteiger partial charge in [-0.3, -0.25) is 9.78 Å². The first-order valence-corrected chi connectivity index (χ1v) is 10.4. The summed E-state index contributed by atoms with van der Waals surface area (Å²) in [4.78, 5) is 16.0. The topological polar surface area (TPSA) is 42.0 Å². The van der Waals surface area contributed by atoms with Crippen molar-refractivity contribution in [2.45, 2.75) is 77.7 Å². The summed E-state index contributed by atoms with van der Waals surface area (Å²) < 4.78 is 0. The zero-order valence-electron chi connectivity index (χ0n) is 16.9. The first-order valence-electron chi connectivity index (χ1n) is 10.4. The summed E-state index contributed by atoms with van der Waals surface area (Å²) in [6.07, 6.45) is 26.0. The van der Waals surface area contributed by atoms with Gasteiger partial charge in [-0.15, -0.1) is 0 Å². The average molecular weight is 369 g/mol. The highest BCUT2D eigenvalue weighted by molar-refractivity contribution is 5.75. The summed E-state index contributed by atoms with van der Waals surface area (Å²) in [6, 6.07) is 5.74. The van der Waals surface area contributed by atoms with E-state index in [-0.39, 0.29) is 5.91 Å². The van der Waals surface area contributed by atoms with E-state index in [1.807, 2.05) is 18.2 Å². The Morgan fingerprint density at radius 1 is 0.926 bits per heavy atom. The minimum atomic E-state index is 0.127. The predicted molar refractivity (Wildman–Crippen MR) is 115 cm³/mol. The third-order valence-corrected chi connectivity index (χ3v) is 4.25. The van der Waals surface area contributed by atoms with Crippen LogP contribution in [0.2, 0.25) is 0 Å². The number of carbonyl (C=O) groups is 1. The van der Waals surface area contributed by atoms with E-state index in [9.17, 15) is 4.79 Å². The first kappa shape index (κ1) is 22.9. The van der Waals surface area contributed by atoms with Gasteiger partial charge in [0.25, 0.3) is 0 Å². The second-order valence-electron chi connectivity index (χ2n) is 6.70. The van der Waals surface area contributed by atoms with E-state index in [4.69, 9.17) is 0 Å². The van der Waals surface area contributed by atoms with Gasteiger partial charge in [0.05, 0.1) is 12.2 Å². The molecule has 0 aliphatic carbocycles. The van der Waals surface area contributed by atoms with Gasteiger partial charge in [0.1, 0.15) is 0 Å². The molecule has 3 heteroatoms. The summed E-state index contributed by atoms with van der Waals surface area (Å²) in [7, 11) is 0.